The monoisotopic (exact) mass is 198 g/mol. The second kappa shape index (κ2) is 6.68. The summed E-state index contributed by atoms with van der Waals surface area (Å²) in [5, 5.41) is 20.3. The molecule has 7 heteroatoms. The van der Waals surface area contributed by atoms with Crippen LogP contribution in [0.5, 0.6) is 0 Å². The summed E-state index contributed by atoms with van der Waals surface area (Å²) < 4.78 is 0. The molecule has 1 aliphatic heterocycles. The van der Waals surface area contributed by atoms with Crippen LogP contribution in [-0.4, -0.2) is 45.3 Å². The fraction of sp³-hybridized carbons (Fsp3) is 1.00. The quantitative estimate of drug-likeness (QED) is 0.267. The lowest BCUT2D eigenvalue weighted by atomic mass is 10.2. The van der Waals surface area contributed by atoms with Crippen LogP contribution < -0.4 is 10.8 Å². The molecule has 0 aliphatic carbocycles. The van der Waals surface area contributed by atoms with Gasteiger partial charge in [-0.2, -0.15) is 0 Å². The molecule has 2 atom stereocenters. The molecule has 0 spiro atoms. The molecule has 0 aromatic carbocycles. The van der Waals surface area contributed by atoms with E-state index in [1.807, 2.05) is 0 Å². The van der Waals surface area contributed by atoms with Crippen molar-refractivity contribution in [2.24, 2.45) is 5.50 Å². The second-order valence-electron chi connectivity index (χ2n) is 2.50. The highest BCUT2D eigenvalue weighted by Gasteiger charge is 2.20. The smallest absolute Gasteiger partial charge is 0.247 e. The van der Waals surface area contributed by atoms with Crippen molar-refractivity contribution in [3.05, 3.63) is 0 Å². The van der Waals surface area contributed by atoms with E-state index in [4.69, 9.17) is 20.0 Å². The maximum Gasteiger partial charge on any atom is 0.247 e. The Labute approximate surface area is 72.0 Å². The number of nitrogens with one attached hydrogen (secondary N) is 1. The molecule has 7 N–H and O–H groups in total. The normalized spacial score (nSPS) is 28.5. The predicted molar refractivity (Wildman–Crippen MR) is 45.0 cm³/mol. The van der Waals surface area contributed by atoms with E-state index < -0.39 is 8.53 Å². The number of hydrogen-bond acceptors (Lipinski definition) is 6. The lowest BCUT2D eigenvalue weighted by Gasteiger charge is -2.01. The van der Waals surface area contributed by atoms with Crippen molar-refractivity contribution in [1.29, 1.82) is 0 Å². The van der Waals surface area contributed by atoms with Crippen LogP contribution >= 0.6 is 8.53 Å². The van der Waals surface area contributed by atoms with Crippen LogP contribution in [0.4, 0.5) is 0 Å². The van der Waals surface area contributed by atoms with E-state index in [2.05, 4.69) is 10.8 Å². The third-order valence-electron chi connectivity index (χ3n) is 1.42. The Kier molecular flexibility index (Phi) is 6.78. The van der Waals surface area contributed by atoms with Gasteiger partial charge < -0.3 is 25.3 Å². The molecule has 74 valence electrons. The van der Waals surface area contributed by atoms with E-state index in [-0.39, 0.29) is 18.8 Å². The van der Waals surface area contributed by atoms with E-state index >= 15 is 0 Å². The van der Waals surface area contributed by atoms with Gasteiger partial charge in [-0.3, -0.25) is 5.50 Å². The molecule has 1 saturated heterocycles. The molecule has 0 radical (unpaired) electrons. The zero-order valence-electron chi connectivity index (χ0n) is 6.59. The summed E-state index contributed by atoms with van der Waals surface area (Å²) >= 11 is 0. The van der Waals surface area contributed by atoms with Crippen molar-refractivity contribution in [2.45, 2.75) is 18.6 Å². The van der Waals surface area contributed by atoms with Crippen molar-refractivity contribution in [1.82, 2.24) is 5.32 Å². The molecule has 0 aromatic rings. The zero-order chi connectivity index (χ0) is 9.56. The minimum Gasteiger partial charge on any atom is -0.395 e. The van der Waals surface area contributed by atoms with Crippen molar-refractivity contribution in [2.75, 3.05) is 13.2 Å². The Morgan fingerprint density at radius 3 is 2.17 bits per heavy atom. The summed E-state index contributed by atoms with van der Waals surface area (Å²) in [5.74, 6) is 0. The fourth-order valence-electron chi connectivity index (χ4n) is 0.937. The highest BCUT2D eigenvalue weighted by Crippen LogP contribution is 2.05. The molecule has 0 amide bonds. The van der Waals surface area contributed by atoms with E-state index in [0.29, 0.717) is 13.0 Å². The minimum absolute atomic E-state index is 0.130. The first kappa shape index (κ1) is 12.2. The van der Waals surface area contributed by atoms with Crippen LogP contribution in [0.3, 0.4) is 0 Å². The van der Waals surface area contributed by atoms with Gasteiger partial charge in [0.1, 0.15) is 0 Å². The Morgan fingerprint density at radius 2 is 2.00 bits per heavy atom. The highest BCUT2D eigenvalue weighted by atomic mass is 31.2. The van der Waals surface area contributed by atoms with Gasteiger partial charge in [-0.05, 0) is 6.42 Å². The molecule has 0 saturated carbocycles. The molecule has 12 heavy (non-hydrogen) atoms. The Morgan fingerprint density at radius 1 is 1.50 bits per heavy atom. The molecule has 1 aliphatic rings. The van der Waals surface area contributed by atoms with Gasteiger partial charge in [0.25, 0.3) is 0 Å². The van der Waals surface area contributed by atoms with Crippen molar-refractivity contribution >= 4 is 8.53 Å². The van der Waals surface area contributed by atoms with Crippen LogP contribution in [0.1, 0.15) is 6.42 Å². The largest absolute Gasteiger partial charge is 0.395 e. The van der Waals surface area contributed by atoms with Gasteiger partial charge in [-0.25, -0.2) is 0 Å². The topological polar surface area (TPSA) is 119 Å². The summed E-state index contributed by atoms with van der Waals surface area (Å²) in [5.41, 5.74) is 4.29. The number of β-amino-alcohol motifs (C(OH)–C–C–N with tert-alkyl or cyclic N) is 1. The first-order valence-corrected chi connectivity index (χ1v) is 4.82. The number of aliphatic hydroxyl groups is 2. The molecule has 0 aromatic heterocycles. The molecule has 1 heterocycles. The summed E-state index contributed by atoms with van der Waals surface area (Å²) in [4.78, 5) is 14.9. The predicted octanol–water partition coefficient (Wildman–Crippen LogP) is -2.14. The van der Waals surface area contributed by atoms with Gasteiger partial charge in [-0.15, -0.1) is 0 Å². The SMILES string of the molecule is NP(O)O.OC[C@@H]1C[C@@H](O)CN1. The lowest BCUT2D eigenvalue weighted by molar-refractivity contribution is 0.184. The van der Waals surface area contributed by atoms with Gasteiger partial charge >= 0.3 is 0 Å². The number of rotatable bonds is 1. The zero-order valence-corrected chi connectivity index (χ0v) is 7.48. The molecule has 6 nitrogen and oxygen atoms in total. The van der Waals surface area contributed by atoms with Crippen LogP contribution in [0.25, 0.3) is 0 Å². The van der Waals surface area contributed by atoms with Gasteiger partial charge in [0.15, 0.2) is 0 Å². The van der Waals surface area contributed by atoms with Gasteiger partial charge in [-0.1, -0.05) is 0 Å². The van der Waals surface area contributed by atoms with Gasteiger partial charge in [0.05, 0.1) is 12.7 Å². The highest BCUT2D eigenvalue weighted by molar-refractivity contribution is 7.42. The molecule has 1 rings (SSSR count). The lowest BCUT2D eigenvalue weighted by Crippen LogP contribution is -2.24. The first-order valence-electron chi connectivity index (χ1n) is 3.51. The summed E-state index contributed by atoms with van der Waals surface area (Å²) in [6, 6.07) is 0.130. The van der Waals surface area contributed by atoms with Crippen LogP contribution in [0.15, 0.2) is 0 Å². The molecule has 1 fully saturated rings. The van der Waals surface area contributed by atoms with Crippen LogP contribution in [0.2, 0.25) is 0 Å². The third kappa shape index (κ3) is 6.87. The minimum atomic E-state index is -2.12. The van der Waals surface area contributed by atoms with Crippen molar-refractivity contribution in [3.63, 3.8) is 0 Å². The number of aliphatic hydroxyl groups excluding tert-OH is 2. The average Bonchev–Trinajstić information content (AvgIpc) is 2.34. The Hall–Kier alpha value is 0.190. The Balaban J connectivity index is 0.000000261. The standard InChI is InChI=1S/C5H11NO2.H4NO2P/c7-3-4-1-5(8)2-6-4;1-4(2)3/h4-8H,1-3H2;2-3H,1H2/t4-,5+;/m0./s1. The number of hydrogen-bond donors (Lipinski definition) is 6. The van der Waals surface area contributed by atoms with E-state index in [1.165, 1.54) is 0 Å². The summed E-state index contributed by atoms with van der Waals surface area (Å²) in [6.45, 7) is 0.766. The Bertz CT molecular complexity index is 113. The summed E-state index contributed by atoms with van der Waals surface area (Å²) in [7, 11) is -2.12. The fourth-order valence-corrected chi connectivity index (χ4v) is 0.937. The van der Waals surface area contributed by atoms with E-state index in [0.717, 1.165) is 0 Å². The van der Waals surface area contributed by atoms with Crippen LogP contribution in [-0.2, 0) is 0 Å². The average molecular weight is 198 g/mol. The van der Waals surface area contributed by atoms with Crippen molar-refractivity contribution in [3.8, 4) is 0 Å². The second-order valence-corrected chi connectivity index (χ2v) is 3.14. The van der Waals surface area contributed by atoms with Gasteiger partial charge in [0.2, 0.25) is 8.53 Å². The molecule has 0 bridgehead atoms. The first-order chi connectivity index (χ1) is 5.56. The summed E-state index contributed by atoms with van der Waals surface area (Å²) in [6.07, 6.45) is 0.448. The van der Waals surface area contributed by atoms with Crippen molar-refractivity contribution < 1.29 is 20.0 Å². The third-order valence-corrected chi connectivity index (χ3v) is 1.42. The van der Waals surface area contributed by atoms with Gasteiger partial charge in [0, 0.05) is 12.6 Å². The maximum absolute atomic E-state index is 8.86. The molecular weight excluding hydrogens is 183 g/mol. The molecule has 0 unspecified atom stereocenters. The van der Waals surface area contributed by atoms with Crippen LogP contribution in [0, 0.1) is 0 Å². The number of nitrogens with two attached hydrogens (primary N) is 1. The maximum atomic E-state index is 8.86. The van der Waals surface area contributed by atoms with E-state index in [1.54, 1.807) is 0 Å². The molecular formula is C5H15N2O4P. The van der Waals surface area contributed by atoms with E-state index in [9.17, 15) is 0 Å².